The topological polar surface area (TPSA) is 99.8 Å². The zero-order chi connectivity index (χ0) is 16.3. The number of hydrogen-bond donors (Lipinski definition) is 3. The van der Waals surface area contributed by atoms with E-state index in [0.29, 0.717) is 23.9 Å². The predicted molar refractivity (Wildman–Crippen MR) is 82.3 cm³/mol. The summed E-state index contributed by atoms with van der Waals surface area (Å²) < 4.78 is 5.14. The van der Waals surface area contributed by atoms with Crippen molar-refractivity contribution in [2.75, 3.05) is 13.2 Å². The molecule has 0 unspecified atom stereocenters. The van der Waals surface area contributed by atoms with Gasteiger partial charge in [0.1, 0.15) is 11.3 Å². The minimum absolute atomic E-state index is 0.0145. The lowest BCUT2D eigenvalue weighted by atomic mass is 10.0. The van der Waals surface area contributed by atoms with Gasteiger partial charge in [0.05, 0.1) is 17.0 Å². The molecule has 2 rings (SSSR count). The molecule has 0 aliphatic rings. The van der Waals surface area contributed by atoms with Gasteiger partial charge in [0, 0.05) is 24.6 Å². The zero-order valence-electron chi connectivity index (χ0n) is 12.0. The van der Waals surface area contributed by atoms with Crippen LogP contribution in [0.1, 0.15) is 17.5 Å². The van der Waals surface area contributed by atoms with Crippen molar-refractivity contribution in [2.45, 2.75) is 19.8 Å². The molecule has 0 saturated heterocycles. The van der Waals surface area contributed by atoms with Gasteiger partial charge >= 0.3 is 5.63 Å². The van der Waals surface area contributed by atoms with E-state index in [9.17, 15) is 14.7 Å². The third-order valence-electron chi connectivity index (χ3n) is 3.35. The van der Waals surface area contributed by atoms with Crippen molar-refractivity contribution < 1.29 is 19.4 Å². The van der Waals surface area contributed by atoms with Crippen LogP contribution in [-0.2, 0) is 11.2 Å². The van der Waals surface area contributed by atoms with E-state index in [-0.39, 0.29) is 40.9 Å². The largest absolute Gasteiger partial charge is 0.506 e. The second-order valence-electron chi connectivity index (χ2n) is 4.90. The number of aliphatic hydroxyl groups is 1. The molecule has 0 fully saturated rings. The van der Waals surface area contributed by atoms with Gasteiger partial charge in [0.25, 0.3) is 0 Å². The first-order valence-electron chi connectivity index (χ1n) is 6.76. The minimum Gasteiger partial charge on any atom is -0.506 e. The summed E-state index contributed by atoms with van der Waals surface area (Å²) in [5.74, 6) is -0.501. The zero-order valence-corrected chi connectivity index (χ0v) is 12.7. The summed E-state index contributed by atoms with van der Waals surface area (Å²) in [4.78, 5) is 23.8. The quantitative estimate of drug-likeness (QED) is 0.571. The van der Waals surface area contributed by atoms with E-state index in [4.69, 9.17) is 21.1 Å². The Balaban J connectivity index is 2.36. The molecule has 2 aromatic rings. The van der Waals surface area contributed by atoms with E-state index in [1.54, 1.807) is 6.92 Å². The number of halogens is 1. The monoisotopic (exact) mass is 325 g/mol. The van der Waals surface area contributed by atoms with Gasteiger partial charge in [-0.05, 0) is 25.0 Å². The second kappa shape index (κ2) is 6.81. The molecule has 7 heteroatoms. The maximum absolute atomic E-state index is 12.0. The fourth-order valence-electron chi connectivity index (χ4n) is 2.13. The molecule has 118 valence electrons. The Kier molecular flexibility index (Phi) is 5.05. The number of carbonyl (C=O) groups excluding carboxylic acids is 1. The fraction of sp³-hybridized carbons (Fsp3) is 0.333. The van der Waals surface area contributed by atoms with Gasteiger partial charge in [-0.15, -0.1) is 0 Å². The third kappa shape index (κ3) is 3.40. The molecule has 1 aromatic carbocycles. The van der Waals surface area contributed by atoms with Gasteiger partial charge in [0.15, 0.2) is 0 Å². The first-order chi connectivity index (χ1) is 10.4. The maximum Gasteiger partial charge on any atom is 0.340 e. The Morgan fingerprint density at radius 3 is 2.82 bits per heavy atom. The number of fused-ring (bicyclic) bond motifs is 1. The molecule has 1 heterocycles. The molecule has 0 bridgehead atoms. The van der Waals surface area contributed by atoms with Gasteiger partial charge in [-0.2, -0.15) is 0 Å². The second-order valence-corrected chi connectivity index (χ2v) is 5.30. The molecule has 0 radical (unpaired) electrons. The molecule has 3 N–H and O–H groups in total. The van der Waals surface area contributed by atoms with Crippen LogP contribution in [0.2, 0.25) is 5.02 Å². The number of aromatic hydroxyl groups is 1. The molecule has 0 saturated carbocycles. The molecule has 0 atom stereocenters. The normalized spacial score (nSPS) is 10.9. The standard InChI is InChI=1S/C15H16ClNO5/c1-8-9-5-11(16)12(19)7-13(9)22-15(21)10(8)6-14(20)17-3-2-4-18/h5,7,18-19H,2-4,6H2,1H3,(H,17,20). The number of aliphatic hydroxyl groups excluding tert-OH is 1. The Hall–Kier alpha value is -2.05. The summed E-state index contributed by atoms with van der Waals surface area (Å²) in [6.07, 6.45) is 0.333. The lowest BCUT2D eigenvalue weighted by Gasteiger charge is -2.09. The number of nitrogens with one attached hydrogen (secondary N) is 1. The maximum atomic E-state index is 12.0. The Labute approximate surface area is 131 Å². The number of amides is 1. The lowest BCUT2D eigenvalue weighted by Crippen LogP contribution is -2.29. The van der Waals surface area contributed by atoms with Crippen LogP contribution >= 0.6 is 11.6 Å². The van der Waals surface area contributed by atoms with Crippen molar-refractivity contribution in [3.63, 3.8) is 0 Å². The number of carbonyl (C=O) groups is 1. The number of aryl methyl sites for hydroxylation is 1. The number of rotatable bonds is 5. The summed E-state index contributed by atoms with van der Waals surface area (Å²) in [6, 6.07) is 2.77. The summed E-state index contributed by atoms with van der Waals surface area (Å²) in [7, 11) is 0. The van der Waals surface area contributed by atoms with Crippen molar-refractivity contribution in [3.8, 4) is 5.75 Å². The smallest absolute Gasteiger partial charge is 0.340 e. The number of phenolic OH excluding ortho intramolecular Hbond substituents is 1. The molecular weight excluding hydrogens is 310 g/mol. The van der Waals surface area contributed by atoms with Crippen LogP contribution < -0.4 is 10.9 Å². The van der Waals surface area contributed by atoms with Gasteiger partial charge < -0.3 is 19.9 Å². The van der Waals surface area contributed by atoms with E-state index in [1.165, 1.54) is 12.1 Å². The highest BCUT2D eigenvalue weighted by molar-refractivity contribution is 6.32. The molecule has 0 aliphatic carbocycles. The minimum atomic E-state index is -0.621. The van der Waals surface area contributed by atoms with Crippen LogP contribution in [0.5, 0.6) is 5.75 Å². The average molecular weight is 326 g/mol. The summed E-state index contributed by atoms with van der Waals surface area (Å²) in [6.45, 7) is 2.02. The van der Waals surface area contributed by atoms with Crippen LogP contribution in [-0.4, -0.2) is 29.3 Å². The molecule has 22 heavy (non-hydrogen) atoms. The summed E-state index contributed by atoms with van der Waals surface area (Å²) in [5, 5.41) is 21.6. The van der Waals surface area contributed by atoms with Crippen LogP contribution in [0.4, 0.5) is 0 Å². The third-order valence-corrected chi connectivity index (χ3v) is 3.65. The Morgan fingerprint density at radius 1 is 1.41 bits per heavy atom. The first kappa shape index (κ1) is 16.3. The SMILES string of the molecule is Cc1c(CC(=O)NCCCO)c(=O)oc2cc(O)c(Cl)cc12. The van der Waals surface area contributed by atoms with Gasteiger partial charge in [-0.1, -0.05) is 11.6 Å². The molecular formula is C15H16ClNO5. The molecule has 1 amide bonds. The van der Waals surface area contributed by atoms with Crippen molar-refractivity contribution in [2.24, 2.45) is 0 Å². The van der Waals surface area contributed by atoms with Crippen molar-refractivity contribution in [1.82, 2.24) is 5.32 Å². The van der Waals surface area contributed by atoms with E-state index >= 15 is 0 Å². The van der Waals surface area contributed by atoms with Crippen LogP contribution in [0, 0.1) is 6.92 Å². The first-order valence-corrected chi connectivity index (χ1v) is 7.14. The molecule has 6 nitrogen and oxygen atoms in total. The van der Waals surface area contributed by atoms with Gasteiger partial charge in [-0.3, -0.25) is 4.79 Å². The fourth-order valence-corrected chi connectivity index (χ4v) is 2.30. The number of benzene rings is 1. The van der Waals surface area contributed by atoms with E-state index in [1.807, 2.05) is 0 Å². The van der Waals surface area contributed by atoms with Gasteiger partial charge in [0.2, 0.25) is 5.91 Å². The van der Waals surface area contributed by atoms with E-state index in [0.717, 1.165) is 0 Å². The molecule has 0 aliphatic heterocycles. The Bertz CT molecular complexity index is 769. The van der Waals surface area contributed by atoms with Gasteiger partial charge in [-0.25, -0.2) is 4.79 Å². The molecule has 0 spiro atoms. The highest BCUT2D eigenvalue weighted by Crippen LogP contribution is 2.30. The molecule has 1 aromatic heterocycles. The van der Waals surface area contributed by atoms with Crippen molar-refractivity contribution in [3.05, 3.63) is 38.7 Å². The average Bonchev–Trinajstić information content (AvgIpc) is 2.46. The van der Waals surface area contributed by atoms with Crippen molar-refractivity contribution >= 4 is 28.5 Å². The summed E-state index contributed by atoms with van der Waals surface area (Å²) in [5.41, 5.74) is 0.430. The highest BCUT2D eigenvalue weighted by Gasteiger charge is 2.16. The number of hydrogen-bond acceptors (Lipinski definition) is 5. The summed E-state index contributed by atoms with van der Waals surface area (Å²) >= 11 is 5.87. The Morgan fingerprint density at radius 2 is 2.14 bits per heavy atom. The lowest BCUT2D eigenvalue weighted by molar-refractivity contribution is -0.120. The van der Waals surface area contributed by atoms with Crippen molar-refractivity contribution in [1.29, 1.82) is 0 Å². The predicted octanol–water partition coefficient (Wildman–Crippen LogP) is 1.50. The van der Waals surface area contributed by atoms with E-state index < -0.39 is 5.63 Å². The van der Waals surface area contributed by atoms with Crippen LogP contribution in [0.25, 0.3) is 11.0 Å². The van der Waals surface area contributed by atoms with Crippen LogP contribution in [0.15, 0.2) is 21.3 Å². The highest BCUT2D eigenvalue weighted by atomic mass is 35.5. The number of phenols is 1. The van der Waals surface area contributed by atoms with E-state index in [2.05, 4.69) is 5.32 Å². The van der Waals surface area contributed by atoms with Crippen LogP contribution in [0.3, 0.4) is 0 Å².